The van der Waals surface area contributed by atoms with Crippen LogP contribution in [0.15, 0.2) is 91.0 Å². The van der Waals surface area contributed by atoms with Gasteiger partial charge in [-0.1, -0.05) is 130 Å². The van der Waals surface area contributed by atoms with E-state index in [-0.39, 0.29) is 0 Å². The summed E-state index contributed by atoms with van der Waals surface area (Å²) in [5, 5.41) is 3.38. The first-order valence-corrected chi connectivity index (χ1v) is 13.2. The fourth-order valence-electron chi connectivity index (χ4n) is 4.62. The number of hydrogen-bond acceptors (Lipinski definition) is 2. The maximum atomic E-state index is 5.51. The molecule has 2 heteroatoms. The zero-order valence-corrected chi connectivity index (χ0v) is 20.7. The first-order valence-electron chi connectivity index (χ1n) is 13.2. The van der Waals surface area contributed by atoms with Crippen LogP contribution in [0.5, 0.6) is 0 Å². The number of unbranched alkanes of at least 4 members (excludes halogenated alkanes) is 7. The van der Waals surface area contributed by atoms with Crippen molar-refractivity contribution in [3.8, 4) is 0 Å². The van der Waals surface area contributed by atoms with Crippen LogP contribution in [0.25, 0.3) is 11.1 Å². The van der Waals surface area contributed by atoms with Gasteiger partial charge in [0.1, 0.15) is 0 Å². The van der Waals surface area contributed by atoms with Crippen LogP contribution in [0.4, 0.5) is 0 Å². The van der Waals surface area contributed by atoms with Crippen molar-refractivity contribution in [3.63, 3.8) is 0 Å². The Hall–Kier alpha value is -2.68. The summed E-state index contributed by atoms with van der Waals surface area (Å²) in [6.45, 7) is 2.78. The third kappa shape index (κ3) is 8.93. The zero-order valence-electron chi connectivity index (χ0n) is 20.7. The maximum Gasteiger partial charge on any atom is 0.00745 e. The molecule has 0 aromatic heterocycles. The van der Waals surface area contributed by atoms with Gasteiger partial charge in [0.25, 0.3) is 0 Å². The van der Waals surface area contributed by atoms with Crippen LogP contribution in [-0.4, -0.2) is 19.6 Å². The van der Waals surface area contributed by atoms with E-state index in [1.165, 1.54) is 79.2 Å². The Morgan fingerprint density at radius 3 is 1.44 bits per heavy atom. The summed E-state index contributed by atoms with van der Waals surface area (Å²) in [6, 6.07) is 32.8. The molecular weight excluding hydrogens is 412 g/mol. The van der Waals surface area contributed by atoms with Crippen molar-refractivity contribution in [3.05, 3.63) is 108 Å². The molecule has 0 unspecified atom stereocenters. The molecule has 0 aliphatic carbocycles. The molecule has 3 rings (SSSR count). The fraction of sp³-hybridized carbons (Fsp3) is 0.375. The minimum atomic E-state index is 0.735. The van der Waals surface area contributed by atoms with Crippen LogP contribution in [-0.2, 0) is 0 Å². The molecule has 0 aliphatic rings. The number of rotatable bonds is 16. The molecule has 0 atom stereocenters. The maximum absolute atomic E-state index is 5.51. The highest BCUT2D eigenvalue weighted by molar-refractivity contribution is 5.98. The van der Waals surface area contributed by atoms with E-state index < -0.39 is 0 Å². The van der Waals surface area contributed by atoms with E-state index in [0.717, 1.165) is 26.1 Å². The summed E-state index contributed by atoms with van der Waals surface area (Å²) in [7, 11) is 0. The number of nitrogens with two attached hydrogens (primary N) is 1. The highest BCUT2D eigenvalue weighted by Gasteiger charge is 2.13. The predicted octanol–water partition coefficient (Wildman–Crippen LogP) is 7.70. The van der Waals surface area contributed by atoms with Crippen LogP contribution >= 0.6 is 0 Å². The molecule has 0 saturated heterocycles. The van der Waals surface area contributed by atoms with Crippen LogP contribution in [0, 0.1) is 0 Å². The summed E-state index contributed by atoms with van der Waals surface area (Å²) < 4.78 is 0. The molecular formula is C32H42N2. The SMILES string of the molecule is NCCNCCCCCCCCCCC(=C(c1ccccc1)c1ccccc1)c1ccccc1. The molecule has 0 heterocycles. The molecule has 3 N–H and O–H groups in total. The molecule has 2 nitrogen and oxygen atoms in total. The van der Waals surface area contributed by atoms with Gasteiger partial charge in [-0.2, -0.15) is 0 Å². The zero-order chi connectivity index (χ0) is 23.7. The van der Waals surface area contributed by atoms with Gasteiger partial charge in [-0.05, 0) is 53.6 Å². The Kier molecular flexibility index (Phi) is 12.2. The van der Waals surface area contributed by atoms with E-state index >= 15 is 0 Å². The van der Waals surface area contributed by atoms with E-state index in [2.05, 4.69) is 96.3 Å². The average Bonchev–Trinajstić information content (AvgIpc) is 2.90. The van der Waals surface area contributed by atoms with Gasteiger partial charge in [0, 0.05) is 13.1 Å². The lowest BCUT2D eigenvalue weighted by atomic mass is 9.87. The molecule has 0 fully saturated rings. The second-order valence-corrected chi connectivity index (χ2v) is 9.07. The molecule has 180 valence electrons. The van der Waals surface area contributed by atoms with Crippen LogP contribution in [0.1, 0.15) is 74.5 Å². The third-order valence-electron chi connectivity index (χ3n) is 6.40. The van der Waals surface area contributed by atoms with Crippen molar-refractivity contribution < 1.29 is 0 Å². The third-order valence-corrected chi connectivity index (χ3v) is 6.40. The summed E-state index contributed by atoms with van der Waals surface area (Å²) in [4.78, 5) is 0. The highest BCUT2D eigenvalue weighted by atomic mass is 14.9. The molecule has 0 spiro atoms. The smallest absolute Gasteiger partial charge is 0.00745 e. The Labute approximate surface area is 207 Å². The second-order valence-electron chi connectivity index (χ2n) is 9.07. The van der Waals surface area contributed by atoms with Crippen LogP contribution in [0.2, 0.25) is 0 Å². The Morgan fingerprint density at radius 1 is 0.500 bits per heavy atom. The van der Waals surface area contributed by atoms with Crippen molar-refractivity contribution in [2.24, 2.45) is 5.73 Å². The highest BCUT2D eigenvalue weighted by Crippen LogP contribution is 2.35. The first-order chi connectivity index (χ1) is 16.9. The van der Waals surface area contributed by atoms with Gasteiger partial charge in [-0.15, -0.1) is 0 Å². The minimum Gasteiger partial charge on any atom is -0.329 e. The van der Waals surface area contributed by atoms with Crippen LogP contribution in [0.3, 0.4) is 0 Å². The first kappa shape index (κ1) is 25.9. The van der Waals surface area contributed by atoms with Gasteiger partial charge in [0.05, 0.1) is 0 Å². The molecule has 0 saturated carbocycles. The van der Waals surface area contributed by atoms with Gasteiger partial charge >= 0.3 is 0 Å². The molecule has 0 aliphatic heterocycles. The van der Waals surface area contributed by atoms with Crippen molar-refractivity contribution in [2.75, 3.05) is 19.6 Å². The summed E-state index contributed by atoms with van der Waals surface area (Å²) >= 11 is 0. The minimum absolute atomic E-state index is 0.735. The Morgan fingerprint density at radius 2 is 0.941 bits per heavy atom. The van der Waals surface area contributed by atoms with E-state index in [1.54, 1.807) is 0 Å². The van der Waals surface area contributed by atoms with Crippen molar-refractivity contribution in [1.82, 2.24) is 5.32 Å². The number of nitrogens with one attached hydrogen (secondary N) is 1. The Balaban J connectivity index is 1.60. The average molecular weight is 455 g/mol. The monoisotopic (exact) mass is 454 g/mol. The Bertz CT molecular complexity index is 891. The van der Waals surface area contributed by atoms with E-state index in [0.29, 0.717) is 0 Å². The van der Waals surface area contributed by atoms with Gasteiger partial charge < -0.3 is 11.1 Å². The largest absolute Gasteiger partial charge is 0.329 e. The summed E-state index contributed by atoms with van der Waals surface area (Å²) in [5.74, 6) is 0. The van der Waals surface area contributed by atoms with E-state index in [1.807, 2.05) is 0 Å². The van der Waals surface area contributed by atoms with E-state index in [4.69, 9.17) is 5.73 Å². The topological polar surface area (TPSA) is 38.0 Å². The van der Waals surface area contributed by atoms with Crippen molar-refractivity contribution >= 4 is 11.1 Å². The van der Waals surface area contributed by atoms with Crippen LogP contribution < -0.4 is 11.1 Å². The second kappa shape index (κ2) is 16.0. The molecule has 3 aromatic rings. The molecule has 3 aromatic carbocycles. The molecule has 0 amide bonds. The molecule has 34 heavy (non-hydrogen) atoms. The fourth-order valence-corrected chi connectivity index (χ4v) is 4.62. The number of benzene rings is 3. The van der Waals surface area contributed by atoms with Crippen molar-refractivity contribution in [2.45, 2.75) is 57.8 Å². The van der Waals surface area contributed by atoms with Crippen molar-refractivity contribution in [1.29, 1.82) is 0 Å². The van der Waals surface area contributed by atoms with Gasteiger partial charge in [0.2, 0.25) is 0 Å². The standard InChI is InChI=1S/C32H42N2/c33-25-27-34-26-17-6-4-2-1-3-5-16-24-31(28-18-10-7-11-19-28)32(29-20-12-8-13-21-29)30-22-14-9-15-23-30/h7-15,18-23,34H,1-6,16-17,24-27,33H2. The number of allylic oxidation sites excluding steroid dienone is 1. The van der Waals surface area contributed by atoms with E-state index in [9.17, 15) is 0 Å². The van der Waals surface area contributed by atoms with Gasteiger partial charge in [-0.3, -0.25) is 0 Å². The predicted molar refractivity (Wildman–Crippen MR) is 149 cm³/mol. The summed E-state index contributed by atoms with van der Waals surface area (Å²) in [6.07, 6.45) is 11.6. The quantitative estimate of drug-likeness (QED) is 0.172. The lowest BCUT2D eigenvalue weighted by Gasteiger charge is -2.17. The lowest BCUT2D eigenvalue weighted by Crippen LogP contribution is -2.23. The number of hydrogen-bond donors (Lipinski definition) is 2. The van der Waals surface area contributed by atoms with Gasteiger partial charge in [-0.25, -0.2) is 0 Å². The molecule has 0 radical (unpaired) electrons. The van der Waals surface area contributed by atoms with Gasteiger partial charge in [0.15, 0.2) is 0 Å². The molecule has 0 bridgehead atoms. The lowest BCUT2D eigenvalue weighted by molar-refractivity contribution is 0.554. The summed E-state index contributed by atoms with van der Waals surface area (Å²) in [5.41, 5.74) is 12.3. The normalized spacial score (nSPS) is 10.9.